The predicted octanol–water partition coefficient (Wildman–Crippen LogP) is 6.56. The van der Waals surface area contributed by atoms with E-state index in [4.69, 9.17) is 23.2 Å². The molecule has 4 aromatic rings. The van der Waals surface area contributed by atoms with E-state index in [0.717, 1.165) is 30.4 Å². The predicted molar refractivity (Wildman–Crippen MR) is 149 cm³/mol. The van der Waals surface area contributed by atoms with Crippen LogP contribution in [-0.2, 0) is 16.0 Å². The Labute approximate surface area is 224 Å². The van der Waals surface area contributed by atoms with Gasteiger partial charge in [0.2, 0.25) is 0 Å². The fourth-order valence-electron chi connectivity index (χ4n) is 3.82. The number of hydrogen-bond acceptors (Lipinski definition) is 3. The van der Waals surface area contributed by atoms with Crippen molar-refractivity contribution in [2.75, 3.05) is 16.1 Å². The fraction of sp³-hybridized carbons (Fsp3) is 0.179. The van der Waals surface area contributed by atoms with E-state index < -0.39 is 17.7 Å². The molecule has 0 saturated heterocycles. The van der Waals surface area contributed by atoms with E-state index in [2.05, 4.69) is 23.0 Å². The first-order chi connectivity index (χ1) is 17.7. The van der Waals surface area contributed by atoms with Crippen molar-refractivity contribution in [3.8, 4) is 0 Å². The summed E-state index contributed by atoms with van der Waals surface area (Å²) in [6, 6.07) is 19.1. The number of aryl methyl sites for hydroxylation is 2. The Kier molecular flexibility index (Phi) is 8.16. The minimum atomic E-state index is -0.935. The second-order valence-electron chi connectivity index (χ2n) is 8.68. The van der Waals surface area contributed by atoms with Gasteiger partial charge < -0.3 is 10.6 Å². The van der Waals surface area contributed by atoms with Crippen LogP contribution in [-0.4, -0.2) is 22.4 Å². The zero-order valence-electron chi connectivity index (χ0n) is 20.4. The van der Waals surface area contributed by atoms with Crippen molar-refractivity contribution in [1.29, 1.82) is 0 Å². The number of carbonyl (C=O) groups excluding carboxylic acids is 3. The minimum absolute atomic E-state index is 0.107. The number of fused-ring (bicyclic) bond motifs is 1. The fourth-order valence-corrected chi connectivity index (χ4v) is 4.18. The van der Waals surface area contributed by atoms with Gasteiger partial charge >= 0.3 is 11.8 Å². The third kappa shape index (κ3) is 6.31. The van der Waals surface area contributed by atoms with E-state index in [1.54, 1.807) is 54.6 Å². The van der Waals surface area contributed by atoms with Gasteiger partial charge in [0, 0.05) is 26.8 Å². The molecule has 0 aliphatic rings. The molecule has 0 radical (unpaired) electrons. The molecular weight excluding hydrogens is 511 g/mol. The Morgan fingerprint density at radius 1 is 0.838 bits per heavy atom. The Balaban J connectivity index is 1.55. The number of nitrogens with zero attached hydrogens (tertiary/aromatic N) is 1. The first-order valence-corrected chi connectivity index (χ1v) is 12.6. The second-order valence-corrected chi connectivity index (χ2v) is 9.53. The van der Waals surface area contributed by atoms with Gasteiger partial charge in [-0.15, -0.1) is 0 Å². The second kappa shape index (κ2) is 11.5. The summed E-state index contributed by atoms with van der Waals surface area (Å²) in [5.41, 5.74) is 6.16. The van der Waals surface area contributed by atoms with Gasteiger partial charge in [-0.3, -0.25) is 19.8 Å². The van der Waals surface area contributed by atoms with Crippen molar-refractivity contribution >= 4 is 63.2 Å². The molecule has 37 heavy (non-hydrogen) atoms. The summed E-state index contributed by atoms with van der Waals surface area (Å²) in [6.45, 7) is 3.99. The Hall–Kier alpha value is -3.81. The molecule has 7 nitrogen and oxygen atoms in total. The maximum absolute atomic E-state index is 13.2. The summed E-state index contributed by atoms with van der Waals surface area (Å²) in [7, 11) is 0. The SMILES string of the molecule is CCCCc1ccc(NC(=O)C(=O)Nn2c(C(=O)Nc3ccc(C)c(Cl)c3)cc3cc(Cl)ccc32)cc1. The number of aromatic nitrogens is 1. The quantitative estimate of drug-likeness (QED) is 0.233. The largest absolute Gasteiger partial charge is 0.328 e. The number of unbranched alkanes of at least 4 members (excludes halogenated alkanes) is 1. The molecule has 1 aromatic heterocycles. The van der Waals surface area contributed by atoms with Crippen LogP contribution in [0.15, 0.2) is 66.7 Å². The number of rotatable bonds is 7. The van der Waals surface area contributed by atoms with Gasteiger partial charge in [-0.2, -0.15) is 0 Å². The summed E-state index contributed by atoms with van der Waals surface area (Å²) in [5.74, 6) is -2.31. The Morgan fingerprint density at radius 2 is 1.57 bits per heavy atom. The molecule has 3 N–H and O–H groups in total. The highest BCUT2D eigenvalue weighted by Crippen LogP contribution is 2.25. The lowest BCUT2D eigenvalue weighted by Crippen LogP contribution is -2.36. The minimum Gasteiger partial charge on any atom is -0.321 e. The van der Waals surface area contributed by atoms with Gasteiger partial charge in [0.15, 0.2) is 0 Å². The molecule has 0 aliphatic heterocycles. The van der Waals surface area contributed by atoms with Crippen molar-refractivity contribution in [1.82, 2.24) is 4.68 Å². The van der Waals surface area contributed by atoms with Gasteiger partial charge in [-0.1, -0.05) is 54.7 Å². The molecule has 0 atom stereocenters. The maximum atomic E-state index is 13.2. The zero-order chi connectivity index (χ0) is 26.5. The van der Waals surface area contributed by atoms with Crippen molar-refractivity contribution in [3.63, 3.8) is 0 Å². The molecular formula is C28H26Cl2N4O3. The van der Waals surface area contributed by atoms with Crippen LogP contribution >= 0.6 is 23.2 Å². The van der Waals surface area contributed by atoms with Crippen LogP contribution in [0.3, 0.4) is 0 Å². The van der Waals surface area contributed by atoms with Crippen molar-refractivity contribution in [3.05, 3.63) is 93.6 Å². The molecule has 3 amide bonds. The Bertz CT molecular complexity index is 1480. The van der Waals surface area contributed by atoms with Gasteiger partial charge in [0.25, 0.3) is 5.91 Å². The number of amides is 3. The summed E-state index contributed by atoms with van der Waals surface area (Å²) in [5, 5.41) is 6.96. The molecule has 1 heterocycles. The summed E-state index contributed by atoms with van der Waals surface area (Å²) < 4.78 is 1.27. The van der Waals surface area contributed by atoms with Gasteiger partial charge in [-0.25, -0.2) is 4.68 Å². The molecule has 9 heteroatoms. The van der Waals surface area contributed by atoms with Gasteiger partial charge in [0.05, 0.1) is 5.52 Å². The van der Waals surface area contributed by atoms with Gasteiger partial charge in [0.1, 0.15) is 5.69 Å². The van der Waals surface area contributed by atoms with E-state index in [-0.39, 0.29) is 5.69 Å². The van der Waals surface area contributed by atoms with E-state index >= 15 is 0 Å². The van der Waals surface area contributed by atoms with Gasteiger partial charge in [-0.05, 0) is 79.4 Å². The average Bonchev–Trinajstić information content (AvgIpc) is 3.23. The summed E-state index contributed by atoms with van der Waals surface area (Å²) in [6.07, 6.45) is 3.13. The van der Waals surface area contributed by atoms with Crippen LogP contribution < -0.4 is 16.1 Å². The highest BCUT2D eigenvalue weighted by molar-refractivity contribution is 6.42. The molecule has 4 rings (SSSR count). The van der Waals surface area contributed by atoms with E-state index in [9.17, 15) is 14.4 Å². The summed E-state index contributed by atoms with van der Waals surface area (Å²) in [4.78, 5) is 38.7. The molecule has 0 bridgehead atoms. The third-order valence-corrected chi connectivity index (χ3v) is 6.52. The third-order valence-electron chi connectivity index (χ3n) is 5.88. The van der Waals surface area contributed by atoms with Crippen LogP contribution in [0.1, 0.15) is 41.4 Å². The highest BCUT2D eigenvalue weighted by atomic mass is 35.5. The number of halogens is 2. The molecule has 3 aromatic carbocycles. The highest BCUT2D eigenvalue weighted by Gasteiger charge is 2.21. The van der Waals surface area contributed by atoms with Crippen LogP contribution in [0.2, 0.25) is 10.0 Å². The first-order valence-electron chi connectivity index (χ1n) is 11.8. The van der Waals surface area contributed by atoms with Crippen molar-refractivity contribution in [2.24, 2.45) is 0 Å². The number of carbonyl (C=O) groups is 3. The zero-order valence-corrected chi connectivity index (χ0v) is 21.9. The summed E-state index contributed by atoms with van der Waals surface area (Å²) >= 11 is 12.3. The van der Waals surface area contributed by atoms with Crippen molar-refractivity contribution in [2.45, 2.75) is 33.1 Å². The van der Waals surface area contributed by atoms with Crippen LogP contribution in [0.5, 0.6) is 0 Å². The molecule has 0 fully saturated rings. The van der Waals surface area contributed by atoms with E-state index in [1.807, 2.05) is 19.1 Å². The molecule has 0 saturated carbocycles. The molecule has 0 aliphatic carbocycles. The number of anilines is 2. The lowest BCUT2D eigenvalue weighted by atomic mass is 10.1. The van der Waals surface area contributed by atoms with Crippen LogP contribution in [0.25, 0.3) is 10.9 Å². The monoisotopic (exact) mass is 536 g/mol. The standard InChI is InChI=1S/C28H26Cl2N4O3/c1-3-4-5-18-7-11-21(12-8-18)31-27(36)28(37)33-34-24-13-9-20(29)14-19(24)15-25(34)26(35)32-22-10-6-17(2)23(30)16-22/h6-16H,3-5H2,1-2H3,(H,31,36)(H,32,35)(H,33,37). The number of nitrogens with one attached hydrogen (secondary N) is 3. The smallest absolute Gasteiger partial charge is 0.321 e. The Morgan fingerprint density at radius 3 is 2.27 bits per heavy atom. The topological polar surface area (TPSA) is 92.2 Å². The molecule has 0 unspecified atom stereocenters. The number of hydrogen-bond donors (Lipinski definition) is 3. The van der Waals surface area contributed by atoms with E-state index in [1.165, 1.54) is 4.68 Å². The van der Waals surface area contributed by atoms with Crippen molar-refractivity contribution < 1.29 is 14.4 Å². The lowest BCUT2D eigenvalue weighted by Gasteiger charge is -2.13. The lowest BCUT2D eigenvalue weighted by molar-refractivity contribution is -0.133. The van der Waals surface area contributed by atoms with E-state index in [0.29, 0.717) is 32.3 Å². The van der Waals surface area contributed by atoms with Crippen LogP contribution in [0.4, 0.5) is 11.4 Å². The first kappa shape index (κ1) is 26.3. The number of benzene rings is 3. The molecule has 0 spiro atoms. The van der Waals surface area contributed by atoms with Crippen LogP contribution in [0, 0.1) is 6.92 Å². The average molecular weight is 537 g/mol. The maximum Gasteiger partial charge on any atom is 0.328 e. The normalized spacial score (nSPS) is 10.8. The molecule has 190 valence electrons.